The number of benzene rings is 1. The standard InChI is InChI=1S/C16H22OS2/c1-12(15(17)14-7-4-3-5-8-14)11-13(2)16-18-9-6-10-19-16/h3-5,7-8,12,15,17H,6,9-11H2,1-2H3/t12-,15-/m0/s1. The summed E-state index contributed by atoms with van der Waals surface area (Å²) < 4.78 is 1.48. The van der Waals surface area contributed by atoms with Gasteiger partial charge >= 0.3 is 0 Å². The van der Waals surface area contributed by atoms with Crippen LogP contribution < -0.4 is 0 Å². The summed E-state index contributed by atoms with van der Waals surface area (Å²) in [7, 11) is 0. The van der Waals surface area contributed by atoms with Crippen molar-refractivity contribution in [3.63, 3.8) is 0 Å². The molecule has 0 radical (unpaired) electrons. The Morgan fingerprint density at radius 3 is 2.47 bits per heavy atom. The van der Waals surface area contributed by atoms with E-state index in [4.69, 9.17) is 0 Å². The third-order valence-corrected chi connectivity index (χ3v) is 6.33. The van der Waals surface area contributed by atoms with Crippen LogP contribution in [0.4, 0.5) is 0 Å². The molecule has 104 valence electrons. The maximum atomic E-state index is 10.4. The van der Waals surface area contributed by atoms with Crippen LogP contribution in [-0.4, -0.2) is 16.6 Å². The molecule has 0 unspecified atom stereocenters. The SMILES string of the molecule is CC(C[C@H](C)[C@H](O)c1ccccc1)=C1SCCCS1. The predicted octanol–water partition coefficient (Wildman–Crippen LogP) is 4.85. The van der Waals surface area contributed by atoms with Gasteiger partial charge in [0, 0.05) is 4.24 Å². The second kappa shape index (κ2) is 7.41. The van der Waals surface area contributed by atoms with E-state index in [1.54, 1.807) is 0 Å². The summed E-state index contributed by atoms with van der Waals surface area (Å²) in [5.41, 5.74) is 2.47. The molecular weight excluding hydrogens is 272 g/mol. The minimum atomic E-state index is -0.365. The Labute approximate surface area is 124 Å². The molecule has 0 aliphatic carbocycles. The topological polar surface area (TPSA) is 20.2 Å². The molecule has 0 amide bonds. The summed E-state index contributed by atoms with van der Waals surface area (Å²) in [6.07, 6.45) is 1.93. The van der Waals surface area contributed by atoms with Gasteiger partial charge in [0.25, 0.3) is 0 Å². The lowest BCUT2D eigenvalue weighted by atomic mass is 9.92. The molecular formula is C16H22OS2. The molecule has 1 saturated heterocycles. The molecule has 1 heterocycles. The van der Waals surface area contributed by atoms with E-state index in [1.165, 1.54) is 27.7 Å². The van der Waals surface area contributed by atoms with Crippen LogP contribution in [0.5, 0.6) is 0 Å². The number of hydrogen-bond acceptors (Lipinski definition) is 3. The molecule has 1 N–H and O–H groups in total. The van der Waals surface area contributed by atoms with Crippen LogP contribution in [0, 0.1) is 5.92 Å². The van der Waals surface area contributed by atoms with Crippen LogP contribution in [0.3, 0.4) is 0 Å². The summed E-state index contributed by atoms with van der Waals surface area (Å²) in [4.78, 5) is 0. The molecule has 2 atom stereocenters. The van der Waals surface area contributed by atoms with Crippen molar-refractivity contribution >= 4 is 23.5 Å². The third-order valence-electron chi connectivity index (χ3n) is 3.41. The van der Waals surface area contributed by atoms with Gasteiger partial charge in [0.1, 0.15) is 0 Å². The van der Waals surface area contributed by atoms with E-state index in [0.29, 0.717) is 0 Å². The average Bonchev–Trinajstić information content (AvgIpc) is 2.48. The van der Waals surface area contributed by atoms with Crippen LogP contribution in [0.2, 0.25) is 0 Å². The van der Waals surface area contributed by atoms with Crippen molar-refractivity contribution in [1.29, 1.82) is 0 Å². The van der Waals surface area contributed by atoms with Gasteiger partial charge in [-0.25, -0.2) is 0 Å². The van der Waals surface area contributed by atoms with Crippen molar-refractivity contribution in [3.8, 4) is 0 Å². The fraction of sp³-hybridized carbons (Fsp3) is 0.500. The molecule has 1 fully saturated rings. The van der Waals surface area contributed by atoms with Crippen LogP contribution in [0.25, 0.3) is 0 Å². The Hall–Kier alpha value is -0.380. The normalized spacial score (nSPS) is 19.0. The van der Waals surface area contributed by atoms with Crippen molar-refractivity contribution in [2.24, 2.45) is 5.92 Å². The van der Waals surface area contributed by atoms with Crippen molar-refractivity contribution < 1.29 is 5.11 Å². The van der Waals surface area contributed by atoms with E-state index in [2.05, 4.69) is 13.8 Å². The second-order valence-electron chi connectivity index (χ2n) is 5.16. The second-order valence-corrected chi connectivity index (χ2v) is 7.62. The van der Waals surface area contributed by atoms with Crippen LogP contribution in [0.1, 0.15) is 38.4 Å². The van der Waals surface area contributed by atoms with Gasteiger partial charge in [-0.2, -0.15) is 0 Å². The Bertz CT molecular complexity index is 420. The molecule has 3 heteroatoms. The largest absolute Gasteiger partial charge is 0.388 e. The van der Waals surface area contributed by atoms with E-state index in [-0.39, 0.29) is 12.0 Å². The van der Waals surface area contributed by atoms with Gasteiger partial charge in [-0.15, -0.1) is 23.5 Å². The molecule has 0 aromatic heterocycles. The fourth-order valence-corrected chi connectivity index (χ4v) is 4.96. The van der Waals surface area contributed by atoms with Crippen LogP contribution in [-0.2, 0) is 0 Å². The van der Waals surface area contributed by atoms with Gasteiger partial charge in [-0.1, -0.05) is 42.8 Å². The predicted molar refractivity (Wildman–Crippen MR) is 87.4 cm³/mol. The maximum absolute atomic E-state index is 10.4. The molecule has 0 spiro atoms. The summed E-state index contributed by atoms with van der Waals surface area (Å²) in [6.45, 7) is 4.36. The molecule has 1 nitrogen and oxygen atoms in total. The lowest BCUT2D eigenvalue weighted by molar-refractivity contribution is 0.117. The summed E-state index contributed by atoms with van der Waals surface area (Å²) >= 11 is 3.96. The zero-order valence-electron chi connectivity index (χ0n) is 11.6. The Morgan fingerprint density at radius 2 is 1.84 bits per heavy atom. The first kappa shape index (κ1) is 15.0. The maximum Gasteiger partial charge on any atom is 0.0818 e. The fourth-order valence-electron chi connectivity index (χ4n) is 2.33. The first-order valence-corrected chi connectivity index (χ1v) is 8.84. The van der Waals surface area contributed by atoms with Gasteiger partial charge in [0.15, 0.2) is 0 Å². The molecule has 1 aliphatic heterocycles. The minimum Gasteiger partial charge on any atom is -0.388 e. The highest BCUT2D eigenvalue weighted by molar-refractivity contribution is 8.22. The van der Waals surface area contributed by atoms with Gasteiger partial charge in [-0.3, -0.25) is 0 Å². The minimum absolute atomic E-state index is 0.262. The van der Waals surface area contributed by atoms with Crippen LogP contribution >= 0.6 is 23.5 Å². The van der Waals surface area contributed by atoms with Crippen molar-refractivity contribution in [2.45, 2.75) is 32.8 Å². The Kier molecular flexibility index (Phi) is 5.86. The zero-order valence-corrected chi connectivity index (χ0v) is 13.3. The van der Waals surface area contributed by atoms with Crippen molar-refractivity contribution in [2.75, 3.05) is 11.5 Å². The quantitative estimate of drug-likeness (QED) is 0.857. The molecule has 0 bridgehead atoms. The Balaban J connectivity index is 1.98. The van der Waals surface area contributed by atoms with Crippen molar-refractivity contribution in [3.05, 3.63) is 45.7 Å². The smallest absolute Gasteiger partial charge is 0.0818 e. The lowest BCUT2D eigenvalue weighted by Gasteiger charge is -2.22. The summed E-state index contributed by atoms with van der Waals surface area (Å²) in [5, 5.41) is 10.4. The van der Waals surface area contributed by atoms with Crippen molar-refractivity contribution in [1.82, 2.24) is 0 Å². The van der Waals surface area contributed by atoms with Gasteiger partial charge < -0.3 is 5.11 Å². The highest BCUT2D eigenvalue weighted by atomic mass is 32.2. The van der Waals surface area contributed by atoms with Gasteiger partial charge in [-0.05, 0) is 42.8 Å². The van der Waals surface area contributed by atoms with E-state index in [1.807, 2.05) is 53.9 Å². The van der Waals surface area contributed by atoms with E-state index >= 15 is 0 Å². The highest BCUT2D eigenvalue weighted by Crippen LogP contribution is 2.39. The molecule has 1 aliphatic rings. The first-order valence-electron chi connectivity index (χ1n) is 6.87. The number of allylic oxidation sites excluding steroid dienone is 1. The van der Waals surface area contributed by atoms with Gasteiger partial charge in [0.2, 0.25) is 0 Å². The first-order chi connectivity index (χ1) is 9.18. The number of thioether (sulfide) groups is 2. The molecule has 2 rings (SSSR count). The van der Waals surface area contributed by atoms with Crippen LogP contribution in [0.15, 0.2) is 40.1 Å². The molecule has 1 aromatic carbocycles. The van der Waals surface area contributed by atoms with E-state index in [0.717, 1.165) is 12.0 Å². The third kappa shape index (κ3) is 4.30. The highest BCUT2D eigenvalue weighted by Gasteiger charge is 2.18. The molecule has 0 saturated carbocycles. The number of aliphatic hydroxyl groups is 1. The van der Waals surface area contributed by atoms with E-state index in [9.17, 15) is 5.11 Å². The summed E-state index contributed by atoms with van der Waals surface area (Å²) in [5.74, 6) is 2.75. The zero-order chi connectivity index (χ0) is 13.7. The number of aliphatic hydroxyl groups excluding tert-OH is 1. The number of hydrogen-bond donors (Lipinski definition) is 1. The summed E-state index contributed by atoms with van der Waals surface area (Å²) in [6, 6.07) is 9.98. The monoisotopic (exact) mass is 294 g/mol. The molecule has 1 aromatic rings. The molecule has 19 heavy (non-hydrogen) atoms. The van der Waals surface area contributed by atoms with E-state index < -0.39 is 0 Å². The Morgan fingerprint density at radius 1 is 1.21 bits per heavy atom. The van der Waals surface area contributed by atoms with Gasteiger partial charge in [0.05, 0.1) is 6.10 Å². The average molecular weight is 294 g/mol. The lowest BCUT2D eigenvalue weighted by Crippen LogP contribution is -2.10. The number of rotatable bonds is 4.